The summed E-state index contributed by atoms with van der Waals surface area (Å²) in [4.78, 5) is 19.3. The van der Waals surface area contributed by atoms with Crippen LogP contribution in [0.1, 0.15) is 11.1 Å². The number of hydrogen-bond donors (Lipinski definition) is 1. The Morgan fingerprint density at radius 1 is 1.12 bits per heavy atom. The number of carbonyl (C=O) groups is 1. The van der Waals surface area contributed by atoms with Crippen molar-refractivity contribution in [3.8, 4) is 0 Å². The van der Waals surface area contributed by atoms with E-state index in [1.807, 2.05) is 50.2 Å². The van der Waals surface area contributed by atoms with Crippen molar-refractivity contribution in [2.24, 2.45) is 5.92 Å². The molecule has 24 heavy (non-hydrogen) atoms. The van der Waals surface area contributed by atoms with Crippen molar-refractivity contribution in [1.82, 2.24) is 4.98 Å². The molecule has 0 saturated carbocycles. The molecular weight excluding hydrogens is 318 g/mol. The summed E-state index contributed by atoms with van der Waals surface area (Å²) in [6.07, 6.45) is 0. The van der Waals surface area contributed by atoms with E-state index in [1.54, 1.807) is 11.3 Å². The second kappa shape index (κ2) is 5.91. The Kier molecular flexibility index (Phi) is 3.73. The lowest BCUT2D eigenvalue weighted by Gasteiger charge is -2.38. The van der Waals surface area contributed by atoms with E-state index in [1.165, 1.54) is 4.70 Å². The van der Waals surface area contributed by atoms with Gasteiger partial charge in [0.25, 0.3) is 0 Å². The largest absolute Gasteiger partial charge is 0.346 e. The van der Waals surface area contributed by atoms with E-state index in [4.69, 9.17) is 0 Å². The summed E-state index contributed by atoms with van der Waals surface area (Å²) in [6, 6.07) is 14.2. The summed E-state index contributed by atoms with van der Waals surface area (Å²) in [7, 11) is 0. The molecule has 0 radical (unpaired) electrons. The Hall–Kier alpha value is -2.40. The van der Waals surface area contributed by atoms with Crippen LogP contribution in [0.15, 0.2) is 42.5 Å². The molecule has 4 rings (SSSR count). The fraction of sp³-hybridized carbons (Fsp3) is 0.263. The Balaban J connectivity index is 1.42. The van der Waals surface area contributed by atoms with Gasteiger partial charge in [-0.25, -0.2) is 4.98 Å². The lowest BCUT2D eigenvalue weighted by atomic mass is 9.99. The van der Waals surface area contributed by atoms with Gasteiger partial charge >= 0.3 is 0 Å². The second-order valence-electron chi connectivity index (χ2n) is 6.32. The minimum absolute atomic E-state index is 0.0241. The molecule has 4 nitrogen and oxygen atoms in total. The first-order valence-corrected chi connectivity index (χ1v) is 8.91. The molecule has 122 valence electrons. The molecule has 5 heteroatoms. The van der Waals surface area contributed by atoms with Crippen LogP contribution in [-0.4, -0.2) is 24.0 Å². The number of rotatable bonds is 3. The number of aryl methyl sites for hydroxylation is 2. The van der Waals surface area contributed by atoms with Crippen LogP contribution < -0.4 is 10.2 Å². The molecule has 2 aromatic carbocycles. The lowest BCUT2D eigenvalue weighted by molar-refractivity contribution is -0.120. The van der Waals surface area contributed by atoms with Crippen LogP contribution in [0.4, 0.5) is 10.8 Å². The number of benzene rings is 2. The average molecular weight is 337 g/mol. The van der Waals surface area contributed by atoms with Crippen molar-refractivity contribution >= 4 is 38.3 Å². The van der Waals surface area contributed by atoms with Crippen LogP contribution in [0.2, 0.25) is 0 Å². The summed E-state index contributed by atoms with van der Waals surface area (Å²) >= 11 is 1.69. The van der Waals surface area contributed by atoms with Gasteiger partial charge in [-0.2, -0.15) is 0 Å². The third-order valence-corrected chi connectivity index (χ3v) is 5.63. The smallest absolute Gasteiger partial charge is 0.231 e. The first-order chi connectivity index (χ1) is 11.6. The number of fused-ring (bicyclic) bond motifs is 1. The van der Waals surface area contributed by atoms with Crippen molar-refractivity contribution < 1.29 is 4.79 Å². The third kappa shape index (κ3) is 2.65. The number of carbonyl (C=O) groups excluding carboxylic acids is 1. The van der Waals surface area contributed by atoms with E-state index in [0.29, 0.717) is 0 Å². The average Bonchev–Trinajstić information content (AvgIpc) is 2.93. The molecule has 1 saturated heterocycles. The fourth-order valence-electron chi connectivity index (χ4n) is 3.03. The van der Waals surface area contributed by atoms with Crippen molar-refractivity contribution in [1.29, 1.82) is 0 Å². The van der Waals surface area contributed by atoms with E-state index in [-0.39, 0.29) is 11.8 Å². The number of amides is 1. The van der Waals surface area contributed by atoms with Gasteiger partial charge in [0.2, 0.25) is 5.91 Å². The minimum Gasteiger partial charge on any atom is -0.346 e. The van der Waals surface area contributed by atoms with Gasteiger partial charge in [-0.15, -0.1) is 0 Å². The second-order valence-corrected chi connectivity index (χ2v) is 7.33. The maximum Gasteiger partial charge on any atom is 0.231 e. The topological polar surface area (TPSA) is 45.2 Å². The SMILES string of the molecule is Cc1cccc(C)c1NC(=O)C1CN(c2nc3ccccc3s2)C1. The first-order valence-electron chi connectivity index (χ1n) is 8.09. The molecule has 1 aliphatic heterocycles. The zero-order valence-corrected chi connectivity index (χ0v) is 14.6. The highest BCUT2D eigenvalue weighted by atomic mass is 32.1. The van der Waals surface area contributed by atoms with Gasteiger partial charge in [-0.3, -0.25) is 4.79 Å². The highest BCUT2D eigenvalue weighted by Crippen LogP contribution is 2.33. The molecular formula is C19H19N3OS. The van der Waals surface area contributed by atoms with Gasteiger partial charge < -0.3 is 10.2 Å². The van der Waals surface area contributed by atoms with E-state index in [2.05, 4.69) is 21.3 Å². The number of nitrogens with one attached hydrogen (secondary N) is 1. The van der Waals surface area contributed by atoms with Crippen molar-refractivity contribution in [2.75, 3.05) is 23.3 Å². The Morgan fingerprint density at radius 3 is 2.54 bits per heavy atom. The zero-order valence-electron chi connectivity index (χ0n) is 13.7. The standard InChI is InChI=1S/C19H19N3OS/c1-12-6-5-7-13(2)17(12)21-18(23)14-10-22(11-14)19-20-15-8-3-4-9-16(15)24-19/h3-9,14H,10-11H2,1-2H3,(H,21,23). The van der Waals surface area contributed by atoms with E-state index in [0.717, 1.165) is 40.6 Å². The van der Waals surface area contributed by atoms with Crippen LogP contribution in [-0.2, 0) is 4.79 Å². The van der Waals surface area contributed by atoms with Crippen molar-refractivity contribution in [3.63, 3.8) is 0 Å². The summed E-state index contributed by atoms with van der Waals surface area (Å²) in [5, 5.41) is 4.10. The highest BCUT2D eigenvalue weighted by molar-refractivity contribution is 7.22. The maximum atomic E-state index is 12.5. The molecule has 1 fully saturated rings. The predicted molar refractivity (Wildman–Crippen MR) is 99.9 cm³/mol. The van der Waals surface area contributed by atoms with Crippen LogP contribution in [0.25, 0.3) is 10.2 Å². The molecule has 2 heterocycles. The predicted octanol–water partition coefficient (Wildman–Crippen LogP) is 3.99. The Labute approximate surface area is 145 Å². The molecule has 0 unspecified atom stereocenters. The van der Waals surface area contributed by atoms with Crippen LogP contribution >= 0.6 is 11.3 Å². The van der Waals surface area contributed by atoms with Gasteiger partial charge in [-0.1, -0.05) is 41.7 Å². The summed E-state index contributed by atoms with van der Waals surface area (Å²) < 4.78 is 1.19. The van der Waals surface area contributed by atoms with Gasteiger partial charge in [0, 0.05) is 18.8 Å². The van der Waals surface area contributed by atoms with Gasteiger partial charge in [0.15, 0.2) is 5.13 Å². The number of anilines is 2. The highest BCUT2D eigenvalue weighted by Gasteiger charge is 2.34. The molecule has 1 N–H and O–H groups in total. The zero-order chi connectivity index (χ0) is 16.7. The van der Waals surface area contributed by atoms with Gasteiger partial charge in [0.05, 0.1) is 16.1 Å². The molecule has 0 aliphatic carbocycles. The van der Waals surface area contributed by atoms with Crippen LogP contribution in [0.3, 0.4) is 0 Å². The molecule has 0 atom stereocenters. The maximum absolute atomic E-state index is 12.5. The molecule has 1 aromatic heterocycles. The summed E-state index contributed by atoms with van der Waals surface area (Å²) in [5.74, 6) is 0.126. The molecule has 3 aromatic rings. The quantitative estimate of drug-likeness (QED) is 0.786. The lowest BCUT2D eigenvalue weighted by Crippen LogP contribution is -2.52. The Bertz CT molecular complexity index is 859. The number of nitrogens with zero attached hydrogens (tertiary/aromatic N) is 2. The summed E-state index contributed by atoms with van der Waals surface area (Å²) in [5.41, 5.74) is 4.18. The molecule has 0 spiro atoms. The molecule has 1 amide bonds. The normalized spacial score (nSPS) is 14.7. The number of hydrogen-bond acceptors (Lipinski definition) is 4. The Morgan fingerprint density at radius 2 is 1.83 bits per heavy atom. The van der Waals surface area contributed by atoms with Crippen molar-refractivity contribution in [3.05, 3.63) is 53.6 Å². The van der Waals surface area contributed by atoms with Crippen LogP contribution in [0, 0.1) is 19.8 Å². The monoisotopic (exact) mass is 337 g/mol. The van der Waals surface area contributed by atoms with Crippen LogP contribution in [0.5, 0.6) is 0 Å². The van der Waals surface area contributed by atoms with Gasteiger partial charge in [-0.05, 0) is 37.1 Å². The number of aromatic nitrogens is 1. The van der Waals surface area contributed by atoms with E-state index < -0.39 is 0 Å². The van der Waals surface area contributed by atoms with E-state index in [9.17, 15) is 4.79 Å². The van der Waals surface area contributed by atoms with E-state index >= 15 is 0 Å². The number of para-hydroxylation sites is 2. The summed E-state index contributed by atoms with van der Waals surface area (Å²) in [6.45, 7) is 5.51. The molecule has 1 aliphatic rings. The van der Waals surface area contributed by atoms with Crippen molar-refractivity contribution in [2.45, 2.75) is 13.8 Å². The van der Waals surface area contributed by atoms with Gasteiger partial charge in [0.1, 0.15) is 0 Å². The third-order valence-electron chi connectivity index (χ3n) is 4.53. The first kappa shape index (κ1) is 15.1. The molecule has 0 bridgehead atoms. The minimum atomic E-state index is 0.0241. The number of thiazole rings is 1. The fourth-order valence-corrected chi connectivity index (χ4v) is 4.02.